The van der Waals surface area contributed by atoms with Crippen LogP contribution in [0.1, 0.15) is 23.0 Å². The van der Waals surface area contributed by atoms with E-state index in [1.807, 2.05) is 25.1 Å². The number of rotatable bonds is 6. The Morgan fingerprint density at radius 3 is 2.88 bits per heavy atom. The minimum Gasteiger partial charge on any atom is -0.494 e. The average Bonchev–Trinajstić information content (AvgIpc) is 3.18. The van der Waals surface area contributed by atoms with Crippen molar-refractivity contribution in [1.82, 2.24) is 4.98 Å². The first-order chi connectivity index (χ1) is 12.1. The second kappa shape index (κ2) is 7.35. The monoisotopic (exact) mass is 360 g/mol. The molecule has 1 aromatic carbocycles. The van der Waals surface area contributed by atoms with Gasteiger partial charge in [0, 0.05) is 0 Å². The van der Waals surface area contributed by atoms with E-state index in [1.165, 1.54) is 23.7 Å². The largest absolute Gasteiger partial charge is 0.494 e. The van der Waals surface area contributed by atoms with Crippen molar-refractivity contribution in [1.29, 1.82) is 0 Å². The Morgan fingerprint density at radius 2 is 2.16 bits per heavy atom. The molecule has 0 aliphatic heterocycles. The van der Waals surface area contributed by atoms with Crippen molar-refractivity contribution >= 4 is 38.6 Å². The highest BCUT2D eigenvalue weighted by atomic mass is 32.1. The topological polar surface area (TPSA) is 90.7 Å². The van der Waals surface area contributed by atoms with Gasteiger partial charge in [-0.05, 0) is 38.1 Å². The summed E-state index contributed by atoms with van der Waals surface area (Å²) in [7, 11) is 0. The van der Waals surface area contributed by atoms with Gasteiger partial charge in [-0.2, -0.15) is 0 Å². The molecule has 0 spiro atoms. The molecule has 0 saturated carbocycles. The van der Waals surface area contributed by atoms with Crippen LogP contribution >= 0.6 is 11.3 Å². The molecule has 8 heteroatoms. The smallest absolute Gasteiger partial charge is 0.342 e. The summed E-state index contributed by atoms with van der Waals surface area (Å²) in [6.07, 6.45) is 1.39. The highest BCUT2D eigenvalue weighted by molar-refractivity contribution is 7.22. The van der Waals surface area contributed by atoms with E-state index >= 15 is 0 Å². The number of amides is 1. The molecule has 1 amide bonds. The van der Waals surface area contributed by atoms with Gasteiger partial charge in [-0.1, -0.05) is 11.3 Å². The lowest BCUT2D eigenvalue weighted by molar-refractivity contribution is -0.119. The lowest BCUT2D eigenvalue weighted by Crippen LogP contribution is -2.20. The third-order valence-electron chi connectivity index (χ3n) is 3.33. The second-order valence-electron chi connectivity index (χ2n) is 5.10. The van der Waals surface area contributed by atoms with E-state index in [-0.39, 0.29) is 0 Å². The Kier molecular flexibility index (Phi) is 4.99. The SMILES string of the molecule is CCOc1ccc2nc(NC(=O)COC(=O)c3ccoc3C)sc2c1. The van der Waals surface area contributed by atoms with Gasteiger partial charge in [0.1, 0.15) is 17.1 Å². The van der Waals surface area contributed by atoms with Crippen molar-refractivity contribution < 1.29 is 23.5 Å². The van der Waals surface area contributed by atoms with E-state index in [9.17, 15) is 9.59 Å². The van der Waals surface area contributed by atoms with Crippen LogP contribution < -0.4 is 10.1 Å². The van der Waals surface area contributed by atoms with Crippen LogP contribution in [0.25, 0.3) is 10.2 Å². The third-order valence-corrected chi connectivity index (χ3v) is 4.26. The van der Waals surface area contributed by atoms with Crippen LogP contribution in [-0.2, 0) is 9.53 Å². The lowest BCUT2D eigenvalue weighted by atomic mass is 10.3. The molecule has 3 aromatic rings. The number of aryl methyl sites for hydroxylation is 1. The molecule has 2 aromatic heterocycles. The summed E-state index contributed by atoms with van der Waals surface area (Å²) in [5.74, 6) is 0.133. The normalized spacial score (nSPS) is 10.6. The molecule has 2 heterocycles. The standard InChI is InChI=1S/C17H16N2O5S/c1-3-22-11-4-5-13-14(8-11)25-17(18-13)19-15(20)9-24-16(21)12-6-7-23-10(12)2/h4-8H,3,9H2,1-2H3,(H,18,19,20). The van der Waals surface area contributed by atoms with Crippen molar-refractivity contribution in [3.63, 3.8) is 0 Å². The summed E-state index contributed by atoms with van der Waals surface area (Å²) >= 11 is 1.32. The number of hydrogen-bond acceptors (Lipinski definition) is 7. The van der Waals surface area contributed by atoms with Gasteiger partial charge in [-0.3, -0.25) is 10.1 Å². The number of aromatic nitrogens is 1. The zero-order valence-corrected chi connectivity index (χ0v) is 14.5. The fourth-order valence-corrected chi connectivity index (χ4v) is 3.09. The highest BCUT2D eigenvalue weighted by Gasteiger charge is 2.15. The Balaban J connectivity index is 1.60. The molecular formula is C17H16N2O5S. The third kappa shape index (κ3) is 3.97. The van der Waals surface area contributed by atoms with Crippen LogP contribution in [0.15, 0.2) is 34.9 Å². The molecule has 0 saturated heterocycles. The van der Waals surface area contributed by atoms with E-state index in [1.54, 1.807) is 6.92 Å². The van der Waals surface area contributed by atoms with Crippen LogP contribution in [0.5, 0.6) is 5.75 Å². The summed E-state index contributed by atoms with van der Waals surface area (Å²) in [6.45, 7) is 3.74. The number of ether oxygens (including phenoxy) is 2. The molecule has 7 nitrogen and oxygen atoms in total. The fourth-order valence-electron chi connectivity index (χ4n) is 2.18. The van der Waals surface area contributed by atoms with Crippen LogP contribution in [0.3, 0.4) is 0 Å². The van der Waals surface area contributed by atoms with Crippen LogP contribution in [0.2, 0.25) is 0 Å². The van der Waals surface area contributed by atoms with Gasteiger partial charge in [-0.25, -0.2) is 9.78 Å². The number of carbonyl (C=O) groups excluding carboxylic acids is 2. The molecule has 25 heavy (non-hydrogen) atoms. The van der Waals surface area contributed by atoms with Gasteiger partial charge in [0.25, 0.3) is 5.91 Å². The second-order valence-corrected chi connectivity index (χ2v) is 6.13. The molecule has 3 rings (SSSR count). The molecule has 0 bridgehead atoms. The highest BCUT2D eigenvalue weighted by Crippen LogP contribution is 2.29. The molecule has 0 aliphatic rings. The zero-order valence-electron chi connectivity index (χ0n) is 13.7. The summed E-state index contributed by atoms with van der Waals surface area (Å²) in [5.41, 5.74) is 1.06. The molecule has 130 valence electrons. The van der Waals surface area contributed by atoms with E-state index in [2.05, 4.69) is 10.3 Å². The van der Waals surface area contributed by atoms with Gasteiger partial charge < -0.3 is 13.9 Å². The Hall–Kier alpha value is -2.87. The van der Waals surface area contributed by atoms with E-state index in [0.717, 1.165) is 16.0 Å². The predicted octanol–water partition coefficient (Wildman–Crippen LogP) is 3.39. The molecular weight excluding hydrogens is 344 g/mol. The number of anilines is 1. The van der Waals surface area contributed by atoms with E-state index in [4.69, 9.17) is 13.9 Å². The Bertz CT molecular complexity index is 915. The number of esters is 1. The number of carbonyl (C=O) groups is 2. The Labute approximate surface area is 147 Å². The van der Waals surface area contributed by atoms with Crippen LogP contribution in [-0.4, -0.2) is 30.1 Å². The van der Waals surface area contributed by atoms with Gasteiger partial charge in [0.05, 0.1) is 23.1 Å². The van der Waals surface area contributed by atoms with Crippen molar-refractivity contribution in [2.75, 3.05) is 18.5 Å². The number of nitrogens with one attached hydrogen (secondary N) is 1. The summed E-state index contributed by atoms with van der Waals surface area (Å²) < 4.78 is 16.3. The fraction of sp³-hybridized carbons (Fsp3) is 0.235. The van der Waals surface area contributed by atoms with Gasteiger partial charge >= 0.3 is 5.97 Å². The maximum Gasteiger partial charge on any atom is 0.342 e. The zero-order chi connectivity index (χ0) is 17.8. The molecule has 1 N–H and O–H groups in total. The summed E-state index contributed by atoms with van der Waals surface area (Å²) in [4.78, 5) is 28.1. The molecule has 0 aliphatic carbocycles. The average molecular weight is 360 g/mol. The summed E-state index contributed by atoms with van der Waals surface area (Å²) in [6, 6.07) is 7.02. The minimum atomic E-state index is -0.605. The lowest BCUT2D eigenvalue weighted by Gasteiger charge is -2.03. The number of thiazole rings is 1. The Morgan fingerprint density at radius 1 is 1.32 bits per heavy atom. The maximum atomic E-state index is 11.9. The molecule has 0 atom stereocenters. The summed E-state index contributed by atoms with van der Waals surface area (Å²) in [5, 5.41) is 3.06. The van der Waals surface area contributed by atoms with Crippen molar-refractivity contribution in [2.45, 2.75) is 13.8 Å². The quantitative estimate of drug-likeness (QED) is 0.678. The van der Waals surface area contributed by atoms with E-state index < -0.39 is 18.5 Å². The van der Waals surface area contributed by atoms with Crippen molar-refractivity contribution in [3.05, 3.63) is 41.9 Å². The molecule has 0 fully saturated rings. The number of fused-ring (bicyclic) bond motifs is 1. The predicted molar refractivity (Wildman–Crippen MR) is 93.1 cm³/mol. The number of hydrogen-bond donors (Lipinski definition) is 1. The first kappa shape index (κ1) is 17.0. The van der Waals surface area contributed by atoms with E-state index in [0.29, 0.717) is 23.1 Å². The minimum absolute atomic E-state index is 0.302. The first-order valence-corrected chi connectivity index (χ1v) is 8.43. The molecule has 0 unspecified atom stereocenters. The van der Waals surface area contributed by atoms with Crippen molar-refractivity contribution in [2.24, 2.45) is 0 Å². The maximum absolute atomic E-state index is 11.9. The van der Waals surface area contributed by atoms with Gasteiger partial charge in [0.15, 0.2) is 11.7 Å². The van der Waals surface area contributed by atoms with Crippen LogP contribution in [0.4, 0.5) is 5.13 Å². The van der Waals surface area contributed by atoms with Gasteiger partial charge in [0.2, 0.25) is 0 Å². The number of benzene rings is 1. The number of nitrogens with zero attached hydrogens (tertiary/aromatic N) is 1. The van der Waals surface area contributed by atoms with Gasteiger partial charge in [-0.15, -0.1) is 0 Å². The first-order valence-electron chi connectivity index (χ1n) is 7.61. The number of furan rings is 1. The van der Waals surface area contributed by atoms with Crippen molar-refractivity contribution in [3.8, 4) is 5.75 Å². The van der Waals surface area contributed by atoms with Crippen LogP contribution in [0, 0.1) is 6.92 Å². The molecule has 0 radical (unpaired) electrons.